The molecule has 0 saturated heterocycles. The molecule has 0 radical (unpaired) electrons. The van der Waals surface area contributed by atoms with Crippen molar-refractivity contribution in [3.63, 3.8) is 0 Å². The number of hydrogen-bond donors (Lipinski definition) is 1. The quantitative estimate of drug-likeness (QED) is 0.947. The molecule has 94 valence electrons. The number of aryl methyl sites for hydroxylation is 1. The van der Waals surface area contributed by atoms with Crippen LogP contribution in [0.1, 0.15) is 35.0 Å². The molecular weight excluding hydrogens is 296 g/mol. The Labute approximate surface area is 114 Å². The fraction of sp³-hybridized carbons (Fsp3) is 0.231. The first kappa shape index (κ1) is 12.8. The number of nitrogens with one attached hydrogen (secondary N) is 1. The van der Waals surface area contributed by atoms with Gasteiger partial charge in [0.2, 0.25) is 5.89 Å². The Morgan fingerprint density at radius 1 is 1.44 bits per heavy atom. The van der Waals surface area contributed by atoms with Gasteiger partial charge in [-0.15, -0.1) is 0 Å². The van der Waals surface area contributed by atoms with E-state index < -0.39 is 0 Å². The minimum absolute atomic E-state index is 0.161. The molecule has 0 spiro atoms. The molecule has 1 aromatic heterocycles. The summed E-state index contributed by atoms with van der Waals surface area (Å²) in [6.07, 6.45) is 1.64. The summed E-state index contributed by atoms with van der Waals surface area (Å²) >= 11 is 3.35. The van der Waals surface area contributed by atoms with Crippen LogP contribution in [-0.2, 0) is 0 Å². The summed E-state index contributed by atoms with van der Waals surface area (Å²) in [5.41, 5.74) is 0.590. The van der Waals surface area contributed by atoms with E-state index in [1.165, 1.54) is 0 Å². The number of oxazole rings is 1. The number of nitrogens with zero attached hydrogens (tertiary/aromatic N) is 1. The second kappa shape index (κ2) is 5.35. The SMILES string of the molecule is Cc1cnc(C(C)NC(=O)c2ccccc2Br)o1. The molecule has 1 N–H and O–H groups in total. The largest absolute Gasteiger partial charge is 0.444 e. The number of rotatable bonds is 3. The molecular formula is C13H13BrN2O2. The maximum absolute atomic E-state index is 12.0. The van der Waals surface area contributed by atoms with Gasteiger partial charge in [-0.3, -0.25) is 4.79 Å². The molecule has 1 aromatic carbocycles. The van der Waals surface area contributed by atoms with Gasteiger partial charge in [0, 0.05) is 4.47 Å². The van der Waals surface area contributed by atoms with Crippen LogP contribution in [0.2, 0.25) is 0 Å². The van der Waals surface area contributed by atoms with E-state index in [9.17, 15) is 4.79 Å². The highest BCUT2D eigenvalue weighted by molar-refractivity contribution is 9.10. The van der Waals surface area contributed by atoms with Gasteiger partial charge >= 0.3 is 0 Å². The number of carbonyl (C=O) groups excluding carboxylic acids is 1. The molecule has 1 atom stereocenters. The number of carbonyl (C=O) groups is 1. The van der Waals surface area contributed by atoms with Crippen molar-refractivity contribution in [1.82, 2.24) is 10.3 Å². The first-order valence-corrected chi connectivity index (χ1v) is 6.35. The molecule has 2 rings (SSSR count). The van der Waals surface area contributed by atoms with E-state index in [0.29, 0.717) is 11.5 Å². The molecule has 0 aliphatic carbocycles. The highest BCUT2D eigenvalue weighted by Gasteiger charge is 2.16. The van der Waals surface area contributed by atoms with Gasteiger partial charge in [0.15, 0.2) is 0 Å². The molecule has 1 unspecified atom stereocenters. The first-order chi connectivity index (χ1) is 8.58. The van der Waals surface area contributed by atoms with Crippen molar-refractivity contribution in [2.24, 2.45) is 0 Å². The number of hydrogen-bond acceptors (Lipinski definition) is 3. The van der Waals surface area contributed by atoms with Gasteiger partial charge in [0.1, 0.15) is 11.8 Å². The van der Waals surface area contributed by atoms with Crippen molar-refractivity contribution in [2.75, 3.05) is 0 Å². The lowest BCUT2D eigenvalue weighted by molar-refractivity contribution is 0.0933. The van der Waals surface area contributed by atoms with E-state index in [1.54, 1.807) is 12.3 Å². The Kier molecular flexibility index (Phi) is 3.81. The van der Waals surface area contributed by atoms with E-state index in [0.717, 1.165) is 10.2 Å². The van der Waals surface area contributed by atoms with Crippen molar-refractivity contribution < 1.29 is 9.21 Å². The second-order valence-corrected chi connectivity index (χ2v) is 4.84. The van der Waals surface area contributed by atoms with Gasteiger partial charge in [-0.1, -0.05) is 12.1 Å². The average molecular weight is 309 g/mol. The molecule has 0 aliphatic heterocycles. The summed E-state index contributed by atoms with van der Waals surface area (Å²) < 4.78 is 6.14. The number of aromatic nitrogens is 1. The van der Waals surface area contributed by atoms with Crippen molar-refractivity contribution >= 4 is 21.8 Å². The van der Waals surface area contributed by atoms with E-state index in [1.807, 2.05) is 32.0 Å². The number of benzene rings is 1. The van der Waals surface area contributed by atoms with Crippen LogP contribution in [0.4, 0.5) is 0 Å². The van der Waals surface area contributed by atoms with Gasteiger partial charge in [-0.25, -0.2) is 4.98 Å². The minimum atomic E-state index is -0.265. The van der Waals surface area contributed by atoms with Gasteiger partial charge in [-0.05, 0) is 41.9 Å². The Morgan fingerprint density at radius 3 is 2.78 bits per heavy atom. The zero-order chi connectivity index (χ0) is 13.1. The summed E-state index contributed by atoms with van der Waals surface area (Å²) in [5, 5.41) is 2.84. The number of amides is 1. The lowest BCUT2D eigenvalue weighted by Crippen LogP contribution is -2.27. The van der Waals surface area contributed by atoms with Crippen LogP contribution >= 0.6 is 15.9 Å². The zero-order valence-electron chi connectivity index (χ0n) is 10.1. The smallest absolute Gasteiger partial charge is 0.253 e. The Morgan fingerprint density at radius 2 is 2.17 bits per heavy atom. The maximum atomic E-state index is 12.0. The van der Waals surface area contributed by atoms with Gasteiger partial charge in [-0.2, -0.15) is 0 Å². The fourth-order valence-electron chi connectivity index (χ4n) is 1.55. The molecule has 1 amide bonds. The summed E-state index contributed by atoms with van der Waals surface area (Å²) in [6, 6.07) is 7.00. The molecule has 0 bridgehead atoms. The third-order valence-electron chi connectivity index (χ3n) is 2.48. The topological polar surface area (TPSA) is 55.1 Å². The van der Waals surface area contributed by atoms with Crippen molar-refractivity contribution in [3.05, 3.63) is 52.1 Å². The van der Waals surface area contributed by atoms with E-state index in [4.69, 9.17) is 4.42 Å². The standard InChI is InChI=1S/C13H13BrN2O2/c1-8-7-15-13(18-8)9(2)16-12(17)10-5-3-4-6-11(10)14/h3-7,9H,1-2H3,(H,16,17). The van der Waals surface area contributed by atoms with Crippen LogP contribution in [-0.4, -0.2) is 10.9 Å². The Hall–Kier alpha value is -1.62. The van der Waals surface area contributed by atoms with Gasteiger partial charge in [0.05, 0.1) is 11.8 Å². The van der Waals surface area contributed by atoms with Gasteiger partial charge < -0.3 is 9.73 Å². The van der Waals surface area contributed by atoms with Crippen molar-refractivity contribution in [2.45, 2.75) is 19.9 Å². The molecule has 18 heavy (non-hydrogen) atoms. The summed E-state index contributed by atoms with van der Waals surface area (Å²) in [4.78, 5) is 16.1. The van der Waals surface area contributed by atoms with Crippen molar-refractivity contribution in [1.29, 1.82) is 0 Å². The number of halogens is 1. The van der Waals surface area contributed by atoms with Gasteiger partial charge in [0.25, 0.3) is 5.91 Å². The van der Waals surface area contributed by atoms with Crippen LogP contribution in [0.5, 0.6) is 0 Å². The molecule has 0 aliphatic rings. The molecule has 1 heterocycles. The van der Waals surface area contributed by atoms with Crippen LogP contribution in [0, 0.1) is 6.92 Å². The normalized spacial score (nSPS) is 12.2. The lowest BCUT2D eigenvalue weighted by atomic mass is 10.2. The highest BCUT2D eigenvalue weighted by atomic mass is 79.9. The Balaban J connectivity index is 2.10. The molecule has 0 saturated carbocycles. The van der Waals surface area contributed by atoms with Crippen LogP contribution < -0.4 is 5.32 Å². The fourth-order valence-corrected chi connectivity index (χ4v) is 2.02. The van der Waals surface area contributed by atoms with Crippen molar-refractivity contribution in [3.8, 4) is 0 Å². The molecule has 2 aromatic rings. The molecule has 5 heteroatoms. The molecule has 4 nitrogen and oxygen atoms in total. The van der Waals surface area contributed by atoms with Crippen LogP contribution in [0.15, 0.2) is 39.4 Å². The average Bonchev–Trinajstić information content (AvgIpc) is 2.76. The predicted octanol–water partition coefficient (Wildman–Crippen LogP) is 3.24. The summed E-state index contributed by atoms with van der Waals surface area (Å²) in [5.74, 6) is 1.07. The molecule has 0 fully saturated rings. The van der Waals surface area contributed by atoms with E-state index in [2.05, 4.69) is 26.2 Å². The van der Waals surface area contributed by atoms with Crippen LogP contribution in [0.25, 0.3) is 0 Å². The second-order valence-electron chi connectivity index (χ2n) is 3.98. The lowest BCUT2D eigenvalue weighted by Gasteiger charge is -2.11. The predicted molar refractivity (Wildman–Crippen MR) is 71.3 cm³/mol. The third kappa shape index (κ3) is 2.79. The monoisotopic (exact) mass is 308 g/mol. The zero-order valence-corrected chi connectivity index (χ0v) is 11.7. The maximum Gasteiger partial charge on any atom is 0.253 e. The summed E-state index contributed by atoms with van der Waals surface area (Å²) in [7, 11) is 0. The van der Waals surface area contributed by atoms with E-state index >= 15 is 0 Å². The highest BCUT2D eigenvalue weighted by Crippen LogP contribution is 2.18. The Bertz CT molecular complexity index is 566. The first-order valence-electron chi connectivity index (χ1n) is 5.55. The summed E-state index contributed by atoms with van der Waals surface area (Å²) in [6.45, 7) is 3.65. The minimum Gasteiger partial charge on any atom is -0.444 e. The van der Waals surface area contributed by atoms with Crippen LogP contribution in [0.3, 0.4) is 0 Å². The third-order valence-corrected chi connectivity index (χ3v) is 3.17. The van der Waals surface area contributed by atoms with E-state index in [-0.39, 0.29) is 11.9 Å².